The van der Waals surface area contributed by atoms with Crippen molar-refractivity contribution in [3.8, 4) is 5.75 Å². The smallest absolute Gasteiger partial charge is 0.341 e. The van der Waals surface area contributed by atoms with Gasteiger partial charge in [0.2, 0.25) is 0 Å². The molecule has 0 unspecified atom stereocenters. The molecule has 0 aliphatic carbocycles. The summed E-state index contributed by atoms with van der Waals surface area (Å²) in [5.41, 5.74) is 1.09. The summed E-state index contributed by atoms with van der Waals surface area (Å²) in [6.45, 7) is 3.49. The van der Waals surface area contributed by atoms with Gasteiger partial charge in [-0.05, 0) is 30.3 Å². The van der Waals surface area contributed by atoms with Gasteiger partial charge in [-0.2, -0.15) is 0 Å². The zero-order valence-electron chi connectivity index (χ0n) is 12.3. The Bertz CT molecular complexity index is 657. The molecule has 0 bridgehead atoms. The largest absolute Gasteiger partial charge is 0.482 e. The lowest BCUT2D eigenvalue weighted by Crippen LogP contribution is -2.13. The number of hydrogen-bond donors (Lipinski definition) is 2. The van der Waals surface area contributed by atoms with Crippen LogP contribution in [0.2, 0.25) is 0 Å². The number of hydrogen-bond acceptors (Lipinski definition) is 4. The molecular formula is C16H17NO5. The summed E-state index contributed by atoms with van der Waals surface area (Å²) in [6.07, 6.45) is 1.49. The van der Waals surface area contributed by atoms with E-state index in [0.717, 1.165) is 0 Å². The van der Waals surface area contributed by atoms with E-state index >= 15 is 0 Å². The van der Waals surface area contributed by atoms with Crippen LogP contribution in [0.4, 0.5) is 5.69 Å². The number of anilines is 1. The molecule has 0 saturated carbocycles. The van der Waals surface area contributed by atoms with E-state index in [4.69, 9.17) is 14.3 Å². The summed E-state index contributed by atoms with van der Waals surface area (Å²) < 4.78 is 10.3. The molecule has 116 valence electrons. The molecule has 0 spiro atoms. The van der Waals surface area contributed by atoms with Crippen molar-refractivity contribution in [2.45, 2.75) is 19.8 Å². The van der Waals surface area contributed by atoms with Crippen LogP contribution in [-0.2, 0) is 4.79 Å². The maximum atomic E-state index is 12.2. The molecule has 0 aliphatic heterocycles. The van der Waals surface area contributed by atoms with Crippen molar-refractivity contribution in [3.63, 3.8) is 0 Å². The lowest BCUT2D eigenvalue weighted by atomic mass is 10.1. The maximum absolute atomic E-state index is 12.2. The second-order valence-corrected chi connectivity index (χ2v) is 5.01. The van der Waals surface area contributed by atoms with Gasteiger partial charge < -0.3 is 19.6 Å². The Morgan fingerprint density at radius 2 is 1.91 bits per heavy atom. The molecule has 22 heavy (non-hydrogen) atoms. The van der Waals surface area contributed by atoms with Crippen molar-refractivity contribution in [1.82, 2.24) is 0 Å². The minimum absolute atomic E-state index is 0.113. The van der Waals surface area contributed by atoms with E-state index < -0.39 is 12.6 Å². The average Bonchev–Trinajstić information content (AvgIpc) is 2.96. The molecule has 0 aliphatic rings. The Balaban J connectivity index is 2.02. The number of rotatable bonds is 6. The molecule has 1 heterocycles. The number of carbonyl (C=O) groups is 2. The Kier molecular flexibility index (Phi) is 4.83. The number of carboxylic acid groups (broad SMARTS) is 1. The van der Waals surface area contributed by atoms with Crippen LogP contribution in [0.3, 0.4) is 0 Å². The van der Waals surface area contributed by atoms with Crippen molar-refractivity contribution in [2.75, 3.05) is 11.9 Å². The second-order valence-electron chi connectivity index (χ2n) is 5.01. The van der Waals surface area contributed by atoms with Crippen LogP contribution < -0.4 is 10.1 Å². The molecule has 2 aromatic rings. The van der Waals surface area contributed by atoms with Gasteiger partial charge in [-0.25, -0.2) is 4.79 Å². The summed E-state index contributed by atoms with van der Waals surface area (Å²) in [4.78, 5) is 22.6. The first kappa shape index (κ1) is 15.6. The molecular weight excluding hydrogens is 286 g/mol. The van der Waals surface area contributed by atoms with E-state index in [2.05, 4.69) is 5.32 Å². The van der Waals surface area contributed by atoms with Gasteiger partial charge in [0.05, 0.1) is 11.8 Å². The van der Waals surface area contributed by atoms with Gasteiger partial charge in [0.25, 0.3) is 5.91 Å². The number of nitrogens with one attached hydrogen (secondary N) is 1. The second kappa shape index (κ2) is 6.80. The molecule has 0 fully saturated rings. The fourth-order valence-electron chi connectivity index (χ4n) is 1.93. The minimum Gasteiger partial charge on any atom is -0.482 e. The van der Waals surface area contributed by atoms with Crippen LogP contribution in [0.5, 0.6) is 5.75 Å². The van der Waals surface area contributed by atoms with E-state index in [1.807, 2.05) is 13.8 Å². The third-order valence-corrected chi connectivity index (χ3v) is 2.94. The van der Waals surface area contributed by atoms with Gasteiger partial charge in [-0.15, -0.1) is 0 Å². The first-order valence-electron chi connectivity index (χ1n) is 6.80. The SMILES string of the molecule is CC(C)c1occc1C(=O)Nc1ccc(OCC(=O)O)cc1. The van der Waals surface area contributed by atoms with Crippen LogP contribution >= 0.6 is 0 Å². The third-order valence-electron chi connectivity index (χ3n) is 2.94. The number of ether oxygens (including phenoxy) is 1. The number of amides is 1. The highest BCUT2D eigenvalue weighted by Gasteiger charge is 2.17. The third kappa shape index (κ3) is 3.88. The monoisotopic (exact) mass is 303 g/mol. The Morgan fingerprint density at radius 1 is 1.23 bits per heavy atom. The van der Waals surface area contributed by atoms with Crippen LogP contribution in [0, 0.1) is 0 Å². The summed E-state index contributed by atoms with van der Waals surface area (Å²) in [5.74, 6) is -0.122. The van der Waals surface area contributed by atoms with Gasteiger partial charge in [0.1, 0.15) is 11.5 Å². The van der Waals surface area contributed by atoms with Crippen molar-refractivity contribution >= 4 is 17.6 Å². The van der Waals surface area contributed by atoms with Gasteiger partial charge in [0, 0.05) is 11.6 Å². The van der Waals surface area contributed by atoms with Crippen molar-refractivity contribution < 1.29 is 23.8 Å². The topological polar surface area (TPSA) is 88.8 Å². The average molecular weight is 303 g/mol. The first-order chi connectivity index (χ1) is 10.5. The highest BCUT2D eigenvalue weighted by atomic mass is 16.5. The van der Waals surface area contributed by atoms with Gasteiger partial charge in [0.15, 0.2) is 6.61 Å². The normalized spacial score (nSPS) is 10.5. The van der Waals surface area contributed by atoms with E-state index in [-0.39, 0.29) is 11.8 Å². The molecule has 2 rings (SSSR count). The Hall–Kier alpha value is -2.76. The Labute approximate surface area is 127 Å². The molecule has 6 heteroatoms. The van der Waals surface area contributed by atoms with E-state index in [1.54, 1.807) is 30.3 Å². The predicted molar refractivity (Wildman–Crippen MR) is 80.3 cm³/mol. The highest BCUT2D eigenvalue weighted by Crippen LogP contribution is 2.22. The molecule has 1 amide bonds. The number of benzene rings is 1. The van der Waals surface area contributed by atoms with Crippen molar-refractivity contribution in [1.29, 1.82) is 0 Å². The maximum Gasteiger partial charge on any atom is 0.341 e. The fraction of sp³-hybridized carbons (Fsp3) is 0.250. The number of furan rings is 1. The summed E-state index contributed by atoms with van der Waals surface area (Å²) in [7, 11) is 0. The lowest BCUT2D eigenvalue weighted by molar-refractivity contribution is -0.139. The van der Waals surface area contributed by atoms with Crippen molar-refractivity contribution in [2.24, 2.45) is 0 Å². The molecule has 1 aromatic heterocycles. The summed E-state index contributed by atoms with van der Waals surface area (Å²) >= 11 is 0. The van der Waals surface area contributed by atoms with E-state index in [9.17, 15) is 9.59 Å². The molecule has 0 atom stereocenters. The first-order valence-corrected chi connectivity index (χ1v) is 6.80. The minimum atomic E-state index is -1.04. The molecule has 0 saturated heterocycles. The lowest BCUT2D eigenvalue weighted by Gasteiger charge is -2.08. The number of carboxylic acids is 1. The zero-order chi connectivity index (χ0) is 16.1. The van der Waals surface area contributed by atoms with Crippen LogP contribution in [0.15, 0.2) is 41.0 Å². The van der Waals surface area contributed by atoms with Gasteiger partial charge >= 0.3 is 5.97 Å². The predicted octanol–water partition coefficient (Wildman–Crippen LogP) is 3.12. The number of carbonyl (C=O) groups excluding carboxylic acids is 1. The van der Waals surface area contributed by atoms with Gasteiger partial charge in [-0.1, -0.05) is 13.8 Å². The van der Waals surface area contributed by atoms with Crippen molar-refractivity contribution in [3.05, 3.63) is 47.9 Å². The standard InChI is InChI=1S/C16H17NO5/c1-10(2)15-13(7-8-21-15)16(20)17-11-3-5-12(6-4-11)22-9-14(18)19/h3-8,10H,9H2,1-2H3,(H,17,20)(H,18,19). The van der Waals surface area contributed by atoms with Crippen LogP contribution in [-0.4, -0.2) is 23.6 Å². The van der Waals surface area contributed by atoms with Crippen LogP contribution in [0.25, 0.3) is 0 Å². The highest BCUT2D eigenvalue weighted by molar-refractivity contribution is 6.05. The van der Waals surface area contributed by atoms with E-state index in [0.29, 0.717) is 22.8 Å². The number of aliphatic carboxylic acids is 1. The summed E-state index contributed by atoms with van der Waals surface area (Å²) in [6, 6.07) is 8.11. The fourth-order valence-corrected chi connectivity index (χ4v) is 1.93. The zero-order valence-corrected chi connectivity index (χ0v) is 12.3. The van der Waals surface area contributed by atoms with Gasteiger partial charge in [-0.3, -0.25) is 4.79 Å². The van der Waals surface area contributed by atoms with Crippen LogP contribution in [0.1, 0.15) is 35.9 Å². The molecule has 1 aromatic carbocycles. The molecule has 2 N–H and O–H groups in total. The molecule has 6 nitrogen and oxygen atoms in total. The molecule has 0 radical (unpaired) electrons. The van der Waals surface area contributed by atoms with E-state index in [1.165, 1.54) is 6.26 Å². The quantitative estimate of drug-likeness (QED) is 0.856. The summed E-state index contributed by atoms with van der Waals surface area (Å²) in [5, 5.41) is 11.3. The Morgan fingerprint density at radius 3 is 2.50 bits per heavy atom.